The number of non-ortho nitro benzene ring substituents is 1. The van der Waals surface area contributed by atoms with Gasteiger partial charge in [-0.2, -0.15) is 0 Å². The van der Waals surface area contributed by atoms with Crippen LogP contribution in [0, 0.1) is 10.1 Å². The molecule has 1 aliphatic rings. The van der Waals surface area contributed by atoms with Gasteiger partial charge in [0.15, 0.2) is 0 Å². The normalized spacial score (nSPS) is 13.7. The number of nitro benzene ring substituents is 1. The predicted octanol–water partition coefficient (Wildman–Crippen LogP) is 5.15. The van der Waals surface area contributed by atoms with E-state index in [4.69, 9.17) is 0 Å². The van der Waals surface area contributed by atoms with Gasteiger partial charge in [-0.1, -0.05) is 56.3 Å². The Balaban J connectivity index is 1.67. The number of nitrogens with one attached hydrogen (secondary N) is 1. The van der Waals surface area contributed by atoms with Gasteiger partial charge in [0.2, 0.25) is 0 Å². The summed E-state index contributed by atoms with van der Waals surface area (Å²) < 4.78 is 0. The average molecular weight is 456 g/mol. The Labute approximate surface area is 197 Å². The number of carbonyl (C=O) groups excluding carboxylic acids is 2. The van der Waals surface area contributed by atoms with Crippen molar-refractivity contribution in [1.82, 2.24) is 4.90 Å². The molecule has 0 aromatic heterocycles. The second-order valence-electron chi connectivity index (χ2n) is 8.45. The zero-order chi connectivity index (χ0) is 24.2. The van der Waals surface area contributed by atoms with Crippen LogP contribution < -0.4 is 5.32 Å². The lowest BCUT2D eigenvalue weighted by molar-refractivity contribution is -0.384. The number of nitro groups is 1. The van der Waals surface area contributed by atoms with Crippen LogP contribution in [0.25, 0.3) is 5.57 Å². The third kappa shape index (κ3) is 4.73. The van der Waals surface area contributed by atoms with Gasteiger partial charge in [0.1, 0.15) is 5.70 Å². The number of nitrogens with zero attached hydrogens (tertiary/aromatic N) is 2. The van der Waals surface area contributed by atoms with Crippen molar-refractivity contribution in [2.24, 2.45) is 0 Å². The number of imide groups is 1. The highest BCUT2D eigenvalue weighted by atomic mass is 16.6. The maximum atomic E-state index is 13.4. The lowest BCUT2D eigenvalue weighted by atomic mass is 10.0. The molecule has 3 aromatic carbocycles. The molecule has 7 nitrogen and oxygen atoms in total. The standard InChI is InChI=1S/C27H25N3O4/c1-18(2)20-8-12-22(13-9-20)28-25-24(21-10-14-23(15-11-21)30(33)34)26(31)29(27(25)32)17-16-19-6-4-3-5-7-19/h3-15,18,28H,16-17H2,1-2H3. The van der Waals surface area contributed by atoms with E-state index in [-0.39, 0.29) is 23.5 Å². The third-order valence-electron chi connectivity index (χ3n) is 5.85. The van der Waals surface area contributed by atoms with Crippen molar-refractivity contribution in [3.05, 3.63) is 111 Å². The number of benzene rings is 3. The van der Waals surface area contributed by atoms with Crippen molar-refractivity contribution in [2.45, 2.75) is 26.2 Å². The van der Waals surface area contributed by atoms with Crippen LogP contribution in [0.3, 0.4) is 0 Å². The molecule has 0 saturated carbocycles. The Bertz CT molecular complexity index is 1250. The third-order valence-corrected chi connectivity index (χ3v) is 5.85. The maximum absolute atomic E-state index is 13.4. The first-order valence-corrected chi connectivity index (χ1v) is 11.1. The SMILES string of the molecule is CC(C)c1ccc(NC2=C(c3ccc([N+](=O)[O-])cc3)C(=O)N(CCc3ccccc3)C2=O)cc1. The highest BCUT2D eigenvalue weighted by Crippen LogP contribution is 2.32. The van der Waals surface area contributed by atoms with Gasteiger partial charge in [-0.3, -0.25) is 24.6 Å². The summed E-state index contributed by atoms with van der Waals surface area (Å²) in [6, 6.07) is 23.0. The van der Waals surface area contributed by atoms with Crippen molar-refractivity contribution >= 4 is 28.8 Å². The smallest absolute Gasteiger partial charge is 0.278 e. The topological polar surface area (TPSA) is 92.6 Å². The molecule has 1 heterocycles. The Morgan fingerprint density at radius 3 is 2.12 bits per heavy atom. The average Bonchev–Trinajstić information content (AvgIpc) is 3.07. The van der Waals surface area contributed by atoms with E-state index < -0.39 is 16.7 Å². The molecular weight excluding hydrogens is 430 g/mol. The number of rotatable bonds is 8. The highest BCUT2D eigenvalue weighted by Gasteiger charge is 2.39. The number of hydrogen-bond donors (Lipinski definition) is 1. The van der Waals surface area contributed by atoms with Gasteiger partial charge in [-0.25, -0.2) is 0 Å². The van der Waals surface area contributed by atoms with Crippen LogP contribution in [-0.4, -0.2) is 28.2 Å². The lowest BCUT2D eigenvalue weighted by Gasteiger charge is -2.15. The van der Waals surface area contributed by atoms with Gasteiger partial charge in [-0.05, 0) is 53.3 Å². The van der Waals surface area contributed by atoms with Crippen molar-refractivity contribution in [3.8, 4) is 0 Å². The first-order valence-electron chi connectivity index (χ1n) is 11.1. The molecule has 34 heavy (non-hydrogen) atoms. The van der Waals surface area contributed by atoms with Gasteiger partial charge in [0.05, 0.1) is 10.5 Å². The van der Waals surface area contributed by atoms with Crippen molar-refractivity contribution in [1.29, 1.82) is 0 Å². The molecule has 1 aliphatic heterocycles. The number of carbonyl (C=O) groups is 2. The summed E-state index contributed by atoms with van der Waals surface area (Å²) in [4.78, 5) is 38.5. The Hall–Kier alpha value is -4.26. The molecule has 0 fully saturated rings. The predicted molar refractivity (Wildman–Crippen MR) is 131 cm³/mol. The fraction of sp³-hybridized carbons (Fsp3) is 0.185. The molecule has 0 bridgehead atoms. The number of anilines is 1. The van der Waals surface area contributed by atoms with Crippen LogP contribution in [0.2, 0.25) is 0 Å². The van der Waals surface area contributed by atoms with Crippen LogP contribution >= 0.6 is 0 Å². The van der Waals surface area contributed by atoms with E-state index in [1.807, 2.05) is 54.6 Å². The molecule has 3 aromatic rings. The summed E-state index contributed by atoms with van der Waals surface area (Å²) in [5.41, 5.74) is 3.61. The molecule has 2 amide bonds. The van der Waals surface area contributed by atoms with E-state index >= 15 is 0 Å². The summed E-state index contributed by atoms with van der Waals surface area (Å²) in [5.74, 6) is -0.467. The molecule has 0 unspecified atom stereocenters. The Morgan fingerprint density at radius 1 is 0.882 bits per heavy atom. The maximum Gasteiger partial charge on any atom is 0.278 e. The Morgan fingerprint density at radius 2 is 1.53 bits per heavy atom. The summed E-state index contributed by atoms with van der Waals surface area (Å²) >= 11 is 0. The number of amides is 2. The minimum atomic E-state index is -0.499. The Kier molecular flexibility index (Phi) is 6.54. The minimum Gasteiger partial charge on any atom is -0.350 e. The molecule has 0 spiro atoms. The molecular formula is C27H25N3O4. The fourth-order valence-corrected chi connectivity index (χ4v) is 3.89. The molecule has 7 heteroatoms. The summed E-state index contributed by atoms with van der Waals surface area (Å²) in [6.45, 7) is 4.43. The molecule has 1 N–H and O–H groups in total. The zero-order valence-corrected chi connectivity index (χ0v) is 19.0. The summed E-state index contributed by atoms with van der Waals surface area (Å²) in [6.07, 6.45) is 0.530. The molecule has 0 saturated heterocycles. The quantitative estimate of drug-likeness (QED) is 0.288. The lowest BCUT2D eigenvalue weighted by Crippen LogP contribution is -2.34. The molecule has 0 aliphatic carbocycles. The van der Waals surface area contributed by atoms with Gasteiger partial charge in [-0.15, -0.1) is 0 Å². The van der Waals surface area contributed by atoms with Crippen molar-refractivity contribution < 1.29 is 14.5 Å². The first-order chi connectivity index (χ1) is 16.3. The van der Waals surface area contributed by atoms with Crippen LogP contribution in [-0.2, 0) is 16.0 Å². The van der Waals surface area contributed by atoms with E-state index in [2.05, 4.69) is 19.2 Å². The second-order valence-corrected chi connectivity index (χ2v) is 8.45. The molecule has 0 atom stereocenters. The van der Waals surface area contributed by atoms with Crippen LogP contribution in [0.4, 0.5) is 11.4 Å². The fourth-order valence-electron chi connectivity index (χ4n) is 3.89. The highest BCUT2D eigenvalue weighted by molar-refractivity contribution is 6.36. The van der Waals surface area contributed by atoms with Crippen molar-refractivity contribution in [2.75, 3.05) is 11.9 Å². The molecule has 0 radical (unpaired) electrons. The number of hydrogen-bond acceptors (Lipinski definition) is 5. The molecule has 4 rings (SSSR count). The van der Waals surface area contributed by atoms with Crippen LogP contribution in [0.15, 0.2) is 84.6 Å². The first kappa shape index (κ1) is 22.9. The van der Waals surface area contributed by atoms with Gasteiger partial charge < -0.3 is 5.32 Å². The summed E-state index contributed by atoms with van der Waals surface area (Å²) in [5, 5.41) is 14.2. The van der Waals surface area contributed by atoms with Gasteiger partial charge >= 0.3 is 0 Å². The van der Waals surface area contributed by atoms with E-state index in [1.165, 1.54) is 29.2 Å². The van der Waals surface area contributed by atoms with Gasteiger partial charge in [0.25, 0.3) is 17.5 Å². The van der Waals surface area contributed by atoms with E-state index in [0.29, 0.717) is 23.6 Å². The van der Waals surface area contributed by atoms with E-state index in [9.17, 15) is 19.7 Å². The largest absolute Gasteiger partial charge is 0.350 e. The van der Waals surface area contributed by atoms with E-state index in [1.54, 1.807) is 0 Å². The molecule has 172 valence electrons. The van der Waals surface area contributed by atoms with Crippen molar-refractivity contribution in [3.63, 3.8) is 0 Å². The summed E-state index contributed by atoms with van der Waals surface area (Å²) in [7, 11) is 0. The van der Waals surface area contributed by atoms with Crippen LogP contribution in [0.1, 0.15) is 36.5 Å². The van der Waals surface area contributed by atoms with Crippen LogP contribution in [0.5, 0.6) is 0 Å². The van der Waals surface area contributed by atoms with Gasteiger partial charge in [0, 0.05) is 24.4 Å². The monoisotopic (exact) mass is 455 g/mol. The minimum absolute atomic E-state index is 0.0826. The second kappa shape index (κ2) is 9.70. The zero-order valence-electron chi connectivity index (χ0n) is 19.0. The van der Waals surface area contributed by atoms with E-state index in [0.717, 1.165) is 11.1 Å².